The molecule has 0 bridgehead atoms. The first-order valence-electron chi connectivity index (χ1n) is 6.23. The largest absolute Gasteiger partial charge is 0.389 e. The number of carbonyl (C=O) groups excluding carboxylic acids is 1. The third kappa shape index (κ3) is 5.07. The molecule has 1 unspecified atom stereocenters. The molecule has 8 heteroatoms. The van der Waals surface area contributed by atoms with Gasteiger partial charge in [-0.25, -0.2) is 13.1 Å². The number of likely N-dealkylation sites (N-methyl/N-ethyl adjacent to an activating group) is 1. The minimum absolute atomic E-state index is 0.137. The summed E-state index contributed by atoms with van der Waals surface area (Å²) in [4.78, 5) is 13.2. The number of rotatable bonds is 6. The van der Waals surface area contributed by atoms with Crippen LogP contribution in [0.1, 0.15) is 18.1 Å². The van der Waals surface area contributed by atoms with E-state index < -0.39 is 16.1 Å². The van der Waals surface area contributed by atoms with Gasteiger partial charge in [0.05, 0.1) is 11.8 Å². The molecule has 0 spiro atoms. The summed E-state index contributed by atoms with van der Waals surface area (Å²) in [6.45, 7) is 1.50. The van der Waals surface area contributed by atoms with Gasteiger partial charge < -0.3 is 10.6 Å². The van der Waals surface area contributed by atoms with E-state index in [1.165, 1.54) is 11.8 Å². The van der Waals surface area contributed by atoms with Crippen molar-refractivity contribution in [3.05, 3.63) is 35.4 Å². The van der Waals surface area contributed by atoms with Crippen molar-refractivity contribution in [3.63, 3.8) is 0 Å². The Labute approximate surface area is 130 Å². The summed E-state index contributed by atoms with van der Waals surface area (Å²) in [7, 11) is -0.552. The molecule has 0 aliphatic carbocycles. The Balaban J connectivity index is 2.92. The van der Waals surface area contributed by atoms with Crippen LogP contribution in [-0.2, 0) is 20.6 Å². The van der Waals surface area contributed by atoms with Gasteiger partial charge >= 0.3 is 0 Å². The van der Waals surface area contributed by atoms with E-state index in [0.717, 1.165) is 0 Å². The molecule has 1 atom stereocenters. The van der Waals surface area contributed by atoms with Crippen molar-refractivity contribution in [2.45, 2.75) is 18.7 Å². The number of carbonyl (C=O) groups is 1. The molecule has 0 aliphatic rings. The van der Waals surface area contributed by atoms with Crippen LogP contribution in [0.25, 0.3) is 0 Å². The lowest BCUT2D eigenvalue weighted by Gasteiger charge is -2.18. The quantitative estimate of drug-likeness (QED) is 0.728. The summed E-state index contributed by atoms with van der Waals surface area (Å²) < 4.78 is 26.6. The first-order valence-corrected chi connectivity index (χ1v) is 8.29. The maximum absolute atomic E-state index is 12.1. The molecule has 0 radical (unpaired) electrons. The van der Waals surface area contributed by atoms with E-state index in [9.17, 15) is 13.2 Å². The second-order valence-electron chi connectivity index (χ2n) is 4.85. The molecule has 1 aromatic carbocycles. The Morgan fingerprint density at radius 1 is 1.38 bits per heavy atom. The Hall–Kier alpha value is -1.51. The SMILES string of the molecule is CC(NS(=O)(=O)Cc1ccccc1C(N)=S)C(=O)N(C)C. The second-order valence-corrected chi connectivity index (χ2v) is 7.05. The van der Waals surface area contributed by atoms with E-state index in [2.05, 4.69) is 4.72 Å². The number of hydrogen-bond donors (Lipinski definition) is 2. The van der Waals surface area contributed by atoms with Crippen LogP contribution in [0.4, 0.5) is 0 Å². The first-order chi connectivity index (χ1) is 9.64. The molecule has 1 aromatic rings. The van der Waals surface area contributed by atoms with Gasteiger partial charge in [0.2, 0.25) is 15.9 Å². The first kappa shape index (κ1) is 17.5. The molecule has 1 rings (SSSR count). The average Bonchev–Trinajstić information content (AvgIpc) is 2.36. The summed E-state index contributed by atoms with van der Waals surface area (Å²) in [6, 6.07) is 5.92. The van der Waals surface area contributed by atoms with Crippen LogP contribution in [0.5, 0.6) is 0 Å². The lowest BCUT2D eigenvalue weighted by Crippen LogP contribution is -2.44. The van der Waals surface area contributed by atoms with Crippen molar-refractivity contribution in [1.29, 1.82) is 0 Å². The Kier molecular flexibility index (Phi) is 5.82. The van der Waals surface area contributed by atoms with E-state index in [4.69, 9.17) is 18.0 Å². The highest BCUT2D eigenvalue weighted by atomic mass is 32.2. The monoisotopic (exact) mass is 329 g/mol. The van der Waals surface area contributed by atoms with Gasteiger partial charge in [-0.2, -0.15) is 0 Å². The van der Waals surface area contributed by atoms with Gasteiger partial charge in [-0.05, 0) is 12.5 Å². The van der Waals surface area contributed by atoms with Gasteiger partial charge in [-0.3, -0.25) is 4.79 Å². The fraction of sp³-hybridized carbons (Fsp3) is 0.385. The van der Waals surface area contributed by atoms with Crippen molar-refractivity contribution in [2.75, 3.05) is 14.1 Å². The molecule has 21 heavy (non-hydrogen) atoms. The van der Waals surface area contributed by atoms with Gasteiger partial charge in [0.1, 0.15) is 4.99 Å². The van der Waals surface area contributed by atoms with Crippen molar-refractivity contribution in [3.8, 4) is 0 Å². The minimum Gasteiger partial charge on any atom is -0.389 e. The van der Waals surface area contributed by atoms with E-state index in [-0.39, 0.29) is 16.6 Å². The maximum atomic E-state index is 12.1. The number of nitrogens with two attached hydrogens (primary N) is 1. The van der Waals surface area contributed by atoms with Crippen LogP contribution in [0, 0.1) is 0 Å². The number of nitrogens with one attached hydrogen (secondary N) is 1. The predicted molar refractivity (Wildman–Crippen MR) is 86.2 cm³/mol. The van der Waals surface area contributed by atoms with Crippen LogP contribution < -0.4 is 10.5 Å². The number of benzene rings is 1. The smallest absolute Gasteiger partial charge is 0.239 e. The third-order valence-corrected chi connectivity index (χ3v) is 4.42. The Morgan fingerprint density at radius 2 is 1.95 bits per heavy atom. The highest BCUT2D eigenvalue weighted by Gasteiger charge is 2.22. The molecule has 0 heterocycles. The normalized spacial score (nSPS) is 12.7. The summed E-state index contributed by atoms with van der Waals surface area (Å²) in [5.74, 6) is -0.604. The van der Waals surface area contributed by atoms with E-state index >= 15 is 0 Å². The fourth-order valence-corrected chi connectivity index (χ4v) is 3.42. The summed E-state index contributed by atoms with van der Waals surface area (Å²) in [5, 5.41) is 0. The molecular weight excluding hydrogens is 310 g/mol. The standard InChI is InChI=1S/C13H19N3O3S2/c1-9(13(17)16(2)3)15-21(18,19)8-10-6-4-5-7-11(10)12(14)20/h4-7,9,15H,8H2,1-3H3,(H2,14,20). The fourth-order valence-electron chi connectivity index (χ4n) is 1.84. The van der Waals surface area contributed by atoms with Crippen molar-refractivity contribution < 1.29 is 13.2 Å². The number of hydrogen-bond acceptors (Lipinski definition) is 4. The summed E-state index contributed by atoms with van der Waals surface area (Å²) in [5.41, 5.74) is 6.60. The predicted octanol–water partition coefficient (Wildman–Crippen LogP) is 0.217. The molecule has 116 valence electrons. The molecule has 3 N–H and O–H groups in total. The maximum Gasteiger partial charge on any atom is 0.239 e. The lowest BCUT2D eigenvalue weighted by molar-refractivity contribution is -0.130. The van der Waals surface area contributed by atoms with Gasteiger partial charge in [-0.15, -0.1) is 0 Å². The zero-order valence-corrected chi connectivity index (χ0v) is 13.8. The van der Waals surface area contributed by atoms with Crippen LogP contribution in [0.3, 0.4) is 0 Å². The molecule has 0 aliphatic heterocycles. The number of sulfonamides is 1. The molecule has 0 aromatic heterocycles. The number of amides is 1. The summed E-state index contributed by atoms with van der Waals surface area (Å²) in [6.07, 6.45) is 0. The Morgan fingerprint density at radius 3 is 2.48 bits per heavy atom. The topological polar surface area (TPSA) is 92.5 Å². The van der Waals surface area contributed by atoms with E-state index in [1.54, 1.807) is 38.4 Å². The second kappa shape index (κ2) is 6.97. The minimum atomic E-state index is -3.68. The molecule has 6 nitrogen and oxygen atoms in total. The van der Waals surface area contributed by atoms with Crippen molar-refractivity contribution >= 4 is 33.1 Å². The molecule has 0 saturated heterocycles. The third-order valence-electron chi connectivity index (χ3n) is 2.80. The van der Waals surface area contributed by atoms with Crippen LogP contribution in [0.2, 0.25) is 0 Å². The zero-order chi connectivity index (χ0) is 16.2. The lowest BCUT2D eigenvalue weighted by atomic mass is 10.1. The summed E-state index contributed by atoms with van der Waals surface area (Å²) >= 11 is 4.90. The van der Waals surface area contributed by atoms with Gasteiger partial charge in [0.15, 0.2) is 0 Å². The van der Waals surface area contributed by atoms with Gasteiger partial charge in [0, 0.05) is 19.7 Å². The van der Waals surface area contributed by atoms with Gasteiger partial charge in [-0.1, -0.05) is 36.5 Å². The number of thiocarbonyl (C=S) groups is 1. The van der Waals surface area contributed by atoms with Crippen molar-refractivity contribution in [2.24, 2.45) is 5.73 Å². The van der Waals surface area contributed by atoms with Crippen molar-refractivity contribution in [1.82, 2.24) is 9.62 Å². The molecular formula is C13H19N3O3S2. The average molecular weight is 329 g/mol. The molecule has 1 amide bonds. The van der Waals surface area contributed by atoms with Crippen LogP contribution in [0.15, 0.2) is 24.3 Å². The highest BCUT2D eigenvalue weighted by molar-refractivity contribution is 7.88. The number of nitrogens with zero attached hydrogens (tertiary/aromatic N) is 1. The van der Waals surface area contributed by atoms with Gasteiger partial charge in [0.25, 0.3) is 0 Å². The molecule has 0 saturated carbocycles. The Bertz CT molecular complexity index is 642. The van der Waals surface area contributed by atoms with Crippen LogP contribution in [-0.4, -0.2) is 44.4 Å². The van der Waals surface area contributed by atoms with Crippen LogP contribution >= 0.6 is 12.2 Å². The zero-order valence-electron chi connectivity index (χ0n) is 12.2. The van der Waals surface area contributed by atoms with E-state index in [0.29, 0.717) is 11.1 Å². The van der Waals surface area contributed by atoms with E-state index in [1.807, 2.05) is 0 Å². The highest BCUT2D eigenvalue weighted by Crippen LogP contribution is 2.12. The molecule has 0 fully saturated rings.